The monoisotopic (exact) mass is 348 g/mol. The van der Waals surface area contributed by atoms with Crippen molar-refractivity contribution in [2.24, 2.45) is 5.73 Å². The highest BCUT2D eigenvalue weighted by atomic mass is 32.1. The number of carbonyl (C=O) groups excluding carboxylic acids is 2. The fourth-order valence-corrected chi connectivity index (χ4v) is 3.26. The predicted octanol–water partition coefficient (Wildman–Crippen LogP) is -0.0157. The van der Waals surface area contributed by atoms with Crippen LogP contribution in [-0.4, -0.2) is 52.2 Å². The van der Waals surface area contributed by atoms with Gasteiger partial charge in [-0.15, -0.1) is 0 Å². The summed E-state index contributed by atoms with van der Waals surface area (Å²) in [5, 5.41) is 12.2. The minimum Gasteiger partial charge on any atom is -0.347 e. The molecule has 0 bridgehead atoms. The van der Waals surface area contributed by atoms with Crippen LogP contribution in [0.1, 0.15) is 18.4 Å². The van der Waals surface area contributed by atoms with Gasteiger partial charge in [0.2, 0.25) is 0 Å². The van der Waals surface area contributed by atoms with Crippen molar-refractivity contribution in [2.45, 2.75) is 31.5 Å². The molecule has 128 valence electrons. The fraction of sp³-hybridized carbons (Fsp3) is 0.500. The van der Waals surface area contributed by atoms with Crippen molar-refractivity contribution in [3.8, 4) is 6.07 Å². The molecule has 2 amide bonds. The summed E-state index contributed by atoms with van der Waals surface area (Å²) in [4.78, 5) is 29.1. The Kier molecular flexibility index (Phi) is 6.31. The Bertz CT molecular complexity index is 633. The van der Waals surface area contributed by atoms with Crippen molar-refractivity contribution < 1.29 is 14.1 Å². The Morgan fingerprint density at radius 2 is 2.38 bits per heavy atom. The van der Waals surface area contributed by atoms with Gasteiger partial charge in [-0.1, -0.05) is 6.07 Å². The Labute approximate surface area is 146 Å². The van der Waals surface area contributed by atoms with Gasteiger partial charge in [-0.2, -0.15) is 17.9 Å². The van der Waals surface area contributed by atoms with Crippen LogP contribution in [0.25, 0.3) is 0 Å². The predicted molar refractivity (Wildman–Crippen MR) is 91.5 cm³/mol. The number of thiol groups is 1. The fourth-order valence-electron chi connectivity index (χ4n) is 3.10. The zero-order valence-electron chi connectivity index (χ0n) is 13.4. The molecule has 1 fully saturated rings. The highest BCUT2D eigenvalue weighted by Crippen LogP contribution is 2.28. The van der Waals surface area contributed by atoms with Crippen molar-refractivity contribution in [3.63, 3.8) is 0 Å². The molecule has 0 saturated carbocycles. The molecule has 8 heteroatoms. The van der Waals surface area contributed by atoms with Gasteiger partial charge in [0.1, 0.15) is 12.1 Å². The quantitative estimate of drug-likeness (QED) is 0.495. The van der Waals surface area contributed by atoms with Gasteiger partial charge < -0.3 is 11.1 Å². The van der Waals surface area contributed by atoms with Gasteiger partial charge in [0.05, 0.1) is 6.54 Å². The smallest absolute Gasteiger partial charge is 0.332 e. The van der Waals surface area contributed by atoms with Gasteiger partial charge in [-0.25, -0.2) is 9.28 Å². The molecule has 0 radical (unpaired) electrons. The summed E-state index contributed by atoms with van der Waals surface area (Å²) < 4.78 is -0.197. The average molecular weight is 348 g/mol. The number of amides is 2. The molecule has 7 nitrogen and oxygen atoms in total. The van der Waals surface area contributed by atoms with Gasteiger partial charge in [-0.3, -0.25) is 9.78 Å². The number of nitrogens with one attached hydrogen (secondary N) is 1. The van der Waals surface area contributed by atoms with Gasteiger partial charge in [-0.05, 0) is 11.6 Å². The Balaban J connectivity index is 2.09. The number of quaternary nitrogens is 1. The molecule has 1 aliphatic heterocycles. The van der Waals surface area contributed by atoms with E-state index in [-0.39, 0.29) is 28.6 Å². The number of nitrogens with zero attached hydrogens (tertiary/aromatic N) is 3. The third-order valence-corrected chi connectivity index (χ3v) is 4.76. The molecule has 0 aliphatic carbocycles. The molecule has 0 unspecified atom stereocenters. The van der Waals surface area contributed by atoms with E-state index in [1.807, 2.05) is 6.07 Å². The van der Waals surface area contributed by atoms with Crippen LogP contribution in [-0.2, 0) is 16.1 Å². The third-order valence-electron chi connectivity index (χ3n) is 4.37. The first-order valence-electron chi connectivity index (χ1n) is 7.86. The molecule has 1 aliphatic rings. The second kappa shape index (κ2) is 8.24. The number of aromatic nitrogens is 1. The van der Waals surface area contributed by atoms with Crippen LogP contribution >= 0.6 is 12.6 Å². The van der Waals surface area contributed by atoms with Crippen LogP contribution in [0.5, 0.6) is 0 Å². The number of likely N-dealkylation sites (tertiary alicyclic amines) is 1. The van der Waals surface area contributed by atoms with Crippen LogP contribution in [0.15, 0.2) is 24.5 Å². The van der Waals surface area contributed by atoms with Crippen LogP contribution in [0.4, 0.5) is 0 Å². The van der Waals surface area contributed by atoms with E-state index in [9.17, 15) is 14.9 Å². The molecule has 2 rings (SSSR count). The van der Waals surface area contributed by atoms with E-state index >= 15 is 0 Å². The van der Waals surface area contributed by atoms with Crippen molar-refractivity contribution in [1.82, 2.24) is 10.3 Å². The molecule has 1 aromatic rings. The van der Waals surface area contributed by atoms with E-state index < -0.39 is 12.1 Å². The summed E-state index contributed by atoms with van der Waals surface area (Å²) >= 11 is 4.08. The summed E-state index contributed by atoms with van der Waals surface area (Å²) in [7, 11) is 0. The molecule has 0 spiro atoms. The maximum absolute atomic E-state index is 12.7. The normalized spacial score (nSPS) is 24.1. The van der Waals surface area contributed by atoms with E-state index in [1.165, 1.54) is 0 Å². The number of rotatable bonds is 6. The second-order valence-electron chi connectivity index (χ2n) is 5.97. The number of nitriles is 1. The third kappa shape index (κ3) is 3.93. The lowest BCUT2D eigenvalue weighted by Crippen LogP contribution is -2.64. The second-order valence-corrected chi connectivity index (χ2v) is 6.33. The SMILES string of the molecule is N#C[C@@H]1CCC[N@+]1(CC(=O)NCc1cccnc1)C(=O)[C@@H](N)CS. The molecule has 2 heterocycles. The maximum atomic E-state index is 12.7. The zero-order chi connectivity index (χ0) is 17.6. The zero-order valence-corrected chi connectivity index (χ0v) is 14.3. The number of carbonyl (C=O) groups is 2. The summed E-state index contributed by atoms with van der Waals surface area (Å²) in [6.45, 7) is 0.717. The molecule has 3 atom stereocenters. The first kappa shape index (κ1) is 18.4. The minimum absolute atomic E-state index is 0.0706. The minimum atomic E-state index is -0.784. The average Bonchev–Trinajstić information content (AvgIpc) is 3.03. The first-order valence-corrected chi connectivity index (χ1v) is 8.49. The van der Waals surface area contributed by atoms with Crippen LogP contribution in [0.2, 0.25) is 0 Å². The van der Waals surface area contributed by atoms with Gasteiger partial charge in [0.15, 0.2) is 12.6 Å². The van der Waals surface area contributed by atoms with Crippen molar-refractivity contribution in [2.75, 3.05) is 18.8 Å². The van der Waals surface area contributed by atoms with E-state index in [4.69, 9.17) is 5.73 Å². The Hall–Kier alpha value is -1.95. The van der Waals surface area contributed by atoms with E-state index in [0.29, 0.717) is 19.5 Å². The lowest BCUT2D eigenvalue weighted by Gasteiger charge is -2.35. The number of hydrogen-bond donors (Lipinski definition) is 3. The lowest BCUT2D eigenvalue weighted by molar-refractivity contribution is -0.851. The van der Waals surface area contributed by atoms with E-state index in [1.54, 1.807) is 18.5 Å². The molecule has 0 aromatic carbocycles. The number of nitrogens with two attached hydrogens (primary N) is 1. The van der Waals surface area contributed by atoms with E-state index in [0.717, 1.165) is 12.0 Å². The molecular formula is C16H22N5O2S+. The van der Waals surface area contributed by atoms with Gasteiger partial charge in [0, 0.05) is 37.5 Å². The maximum Gasteiger partial charge on any atom is 0.332 e. The van der Waals surface area contributed by atoms with Crippen LogP contribution in [0, 0.1) is 11.3 Å². The van der Waals surface area contributed by atoms with Crippen LogP contribution < -0.4 is 11.1 Å². The van der Waals surface area contributed by atoms with Gasteiger partial charge >= 0.3 is 5.91 Å². The molecule has 1 aromatic heterocycles. The first-order chi connectivity index (χ1) is 11.5. The Morgan fingerprint density at radius 3 is 3.00 bits per heavy atom. The standard InChI is InChI=1S/C16H21N5O2S/c17-7-13-4-2-6-21(13,16(23)14(18)11-24)10-15(22)20-9-12-3-1-5-19-8-12/h1,3,5,8,13-14H,2,4,6,9-11,18H2,(H-,20,22,24)/p+1/t13-,14-,21+/m0/s1. The summed E-state index contributed by atoms with van der Waals surface area (Å²) in [5.74, 6) is -0.375. The Morgan fingerprint density at radius 1 is 1.58 bits per heavy atom. The van der Waals surface area contributed by atoms with Crippen molar-refractivity contribution >= 4 is 24.4 Å². The van der Waals surface area contributed by atoms with E-state index in [2.05, 4.69) is 29.0 Å². The summed E-state index contributed by atoms with van der Waals surface area (Å²) in [5.41, 5.74) is 6.72. The molecule has 1 saturated heterocycles. The summed E-state index contributed by atoms with van der Waals surface area (Å²) in [6.07, 6.45) is 4.64. The molecule has 24 heavy (non-hydrogen) atoms. The van der Waals surface area contributed by atoms with Crippen molar-refractivity contribution in [3.05, 3.63) is 30.1 Å². The van der Waals surface area contributed by atoms with Crippen molar-refractivity contribution in [1.29, 1.82) is 5.26 Å². The van der Waals surface area contributed by atoms with Gasteiger partial charge in [0.25, 0.3) is 5.91 Å². The van der Waals surface area contributed by atoms with Crippen LogP contribution in [0.3, 0.4) is 0 Å². The summed E-state index contributed by atoms with van der Waals surface area (Å²) in [6, 6.07) is 4.50. The number of pyridine rings is 1. The molecule has 3 N–H and O–H groups in total. The largest absolute Gasteiger partial charge is 0.347 e. The highest BCUT2D eigenvalue weighted by Gasteiger charge is 2.51. The topological polar surface area (TPSA) is 109 Å². The lowest BCUT2D eigenvalue weighted by atomic mass is 10.1. The number of hydrogen-bond acceptors (Lipinski definition) is 6. The molecular weight excluding hydrogens is 326 g/mol. The highest BCUT2D eigenvalue weighted by molar-refractivity contribution is 7.80.